The van der Waals surface area contributed by atoms with Crippen molar-refractivity contribution in [1.29, 1.82) is 0 Å². The highest BCUT2D eigenvalue weighted by Gasteiger charge is 2.23. The molecule has 0 unspecified atom stereocenters. The van der Waals surface area contributed by atoms with Gasteiger partial charge in [-0.15, -0.1) is 0 Å². The summed E-state index contributed by atoms with van der Waals surface area (Å²) in [5.41, 5.74) is 17.8. The molecule has 2 atom stereocenters. The van der Waals surface area contributed by atoms with Gasteiger partial charge in [0.15, 0.2) is 5.96 Å². The fraction of sp³-hybridized carbons (Fsp3) is 0.280. The Morgan fingerprint density at radius 3 is 2.28 bits per heavy atom. The normalized spacial score (nSPS) is 11.9. The number of hydrogen-bond acceptors (Lipinski definition) is 6. The summed E-state index contributed by atoms with van der Waals surface area (Å²) >= 11 is 0. The lowest BCUT2D eigenvalue weighted by molar-refractivity contribution is -0.142. The molecule has 0 heterocycles. The first kappa shape index (κ1) is 29.7. The van der Waals surface area contributed by atoms with Gasteiger partial charge >= 0.3 is 5.97 Å². The fourth-order valence-corrected chi connectivity index (χ4v) is 2.88. The van der Waals surface area contributed by atoms with E-state index in [4.69, 9.17) is 22.3 Å². The quantitative estimate of drug-likeness (QED) is 0.0992. The number of nitrogens with two attached hydrogens (primary N) is 3. The summed E-state index contributed by atoms with van der Waals surface area (Å²) in [5.74, 6) is -1.69. The molecule has 0 aliphatic heterocycles. The second-order valence-electron chi connectivity index (χ2n) is 7.65. The summed E-state index contributed by atoms with van der Waals surface area (Å²) in [4.78, 5) is 37.8. The number of para-hydroxylation sites is 1. The number of phenolic OH excluding ortho intramolecular Hbond substituents is 1. The number of rotatable bonds is 11. The molecule has 0 aliphatic carbocycles. The molecular formula is C25H34N6O5. The van der Waals surface area contributed by atoms with Crippen LogP contribution in [0.3, 0.4) is 0 Å². The molecule has 2 amide bonds. The van der Waals surface area contributed by atoms with Crippen molar-refractivity contribution in [2.45, 2.75) is 31.3 Å². The highest BCUT2D eigenvalue weighted by Crippen LogP contribution is 2.16. The maximum atomic E-state index is 12.0. The van der Waals surface area contributed by atoms with E-state index in [1.165, 1.54) is 6.08 Å². The van der Waals surface area contributed by atoms with Crippen LogP contribution in [0.5, 0.6) is 5.75 Å². The monoisotopic (exact) mass is 498 g/mol. The SMILES string of the molecule is CNC(=O)/C=C\c1ccccc1O.NC(N)=NCCC[C@H](NC(=O)[C@@H](N)Cc1ccccc1)C(=O)O. The zero-order valence-electron chi connectivity index (χ0n) is 20.1. The lowest BCUT2D eigenvalue weighted by Crippen LogP contribution is -2.49. The Morgan fingerprint density at radius 2 is 1.69 bits per heavy atom. The van der Waals surface area contributed by atoms with Crippen LogP contribution in [0.15, 0.2) is 65.7 Å². The molecule has 0 aromatic heterocycles. The summed E-state index contributed by atoms with van der Waals surface area (Å²) in [7, 11) is 1.55. The van der Waals surface area contributed by atoms with E-state index in [-0.39, 0.29) is 24.0 Å². The summed E-state index contributed by atoms with van der Waals surface area (Å²) < 4.78 is 0. The van der Waals surface area contributed by atoms with Crippen LogP contribution in [0.2, 0.25) is 0 Å². The second-order valence-corrected chi connectivity index (χ2v) is 7.65. The van der Waals surface area contributed by atoms with Gasteiger partial charge in [-0.1, -0.05) is 48.5 Å². The van der Waals surface area contributed by atoms with E-state index >= 15 is 0 Å². The van der Waals surface area contributed by atoms with Crippen LogP contribution < -0.4 is 27.8 Å². The van der Waals surface area contributed by atoms with Crippen LogP contribution in [-0.2, 0) is 20.8 Å². The van der Waals surface area contributed by atoms with Gasteiger partial charge in [0.05, 0.1) is 6.04 Å². The van der Waals surface area contributed by atoms with Crippen LogP contribution >= 0.6 is 0 Å². The first-order chi connectivity index (χ1) is 17.1. The maximum absolute atomic E-state index is 12.0. The molecule has 0 spiro atoms. The van der Waals surface area contributed by atoms with Gasteiger partial charge in [0.25, 0.3) is 0 Å². The van der Waals surface area contributed by atoms with E-state index < -0.39 is 24.0 Å². The third kappa shape index (κ3) is 12.2. The Labute approximate surface area is 210 Å². The topological polar surface area (TPSA) is 206 Å². The molecule has 2 aromatic carbocycles. The number of carbonyl (C=O) groups is 3. The number of aliphatic carboxylic acids is 1. The van der Waals surface area contributed by atoms with Gasteiger partial charge in [0, 0.05) is 25.2 Å². The highest BCUT2D eigenvalue weighted by molar-refractivity contribution is 5.91. The van der Waals surface area contributed by atoms with Crippen molar-refractivity contribution in [3.05, 3.63) is 71.8 Å². The molecule has 0 fully saturated rings. The first-order valence-corrected chi connectivity index (χ1v) is 11.2. The smallest absolute Gasteiger partial charge is 0.326 e. The molecule has 0 bridgehead atoms. The van der Waals surface area contributed by atoms with E-state index in [9.17, 15) is 19.5 Å². The van der Waals surface area contributed by atoms with Gasteiger partial charge < -0.3 is 38.0 Å². The molecular weight excluding hydrogens is 464 g/mol. The zero-order chi connectivity index (χ0) is 26.9. The van der Waals surface area contributed by atoms with E-state index in [0.29, 0.717) is 24.9 Å². The fourth-order valence-electron chi connectivity index (χ4n) is 2.88. The van der Waals surface area contributed by atoms with Crippen molar-refractivity contribution >= 4 is 29.8 Å². The van der Waals surface area contributed by atoms with Gasteiger partial charge in [0.1, 0.15) is 11.8 Å². The predicted octanol–water partition coefficient (Wildman–Crippen LogP) is 0.331. The third-order valence-electron chi connectivity index (χ3n) is 4.79. The minimum atomic E-state index is -1.12. The summed E-state index contributed by atoms with van der Waals surface area (Å²) in [6.45, 7) is 0.304. The van der Waals surface area contributed by atoms with Gasteiger partial charge in [0.2, 0.25) is 11.8 Å². The molecule has 0 aliphatic rings. The second kappa shape index (κ2) is 16.3. The van der Waals surface area contributed by atoms with Gasteiger partial charge in [-0.2, -0.15) is 0 Å². The Hall–Kier alpha value is -4.38. The number of carboxylic acids is 1. The van der Waals surface area contributed by atoms with Crippen molar-refractivity contribution in [1.82, 2.24) is 10.6 Å². The average Bonchev–Trinajstić information content (AvgIpc) is 2.85. The van der Waals surface area contributed by atoms with Crippen LogP contribution in [0, 0.1) is 0 Å². The molecule has 0 saturated carbocycles. The number of nitrogens with zero attached hydrogens (tertiary/aromatic N) is 1. The molecule has 36 heavy (non-hydrogen) atoms. The Morgan fingerprint density at radius 1 is 1.06 bits per heavy atom. The number of phenols is 1. The van der Waals surface area contributed by atoms with E-state index in [2.05, 4.69) is 15.6 Å². The minimum absolute atomic E-state index is 0.0502. The molecule has 2 aromatic rings. The molecule has 11 nitrogen and oxygen atoms in total. The molecule has 0 saturated heterocycles. The molecule has 10 N–H and O–H groups in total. The predicted molar refractivity (Wildman–Crippen MR) is 139 cm³/mol. The lowest BCUT2D eigenvalue weighted by Gasteiger charge is -2.17. The number of guanidine groups is 1. The summed E-state index contributed by atoms with van der Waals surface area (Å²) in [6.07, 6.45) is 3.93. The number of hydrogen-bond donors (Lipinski definition) is 7. The standard InChI is InChI=1S/C15H23N5O3.C10H11NO2/c16-11(9-10-5-2-1-3-6-10)13(21)20-12(14(22)23)7-4-8-19-15(17)18;1-11-10(13)7-6-8-4-2-3-5-9(8)12/h1-3,5-6,11-12H,4,7-9,16H2,(H,20,21)(H,22,23)(H4,17,18,19);2-7,12H,1H3,(H,11,13)/b;7-6-/t11-,12-;/m0./s1. The molecule has 11 heteroatoms. The number of aromatic hydroxyl groups is 1. The summed E-state index contributed by atoms with van der Waals surface area (Å²) in [5, 5.41) is 23.4. The summed E-state index contributed by atoms with van der Waals surface area (Å²) in [6, 6.07) is 14.3. The minimum Gasteiger partial charge on any atom is -0.507 e. The number of carbonyl (C=O) groups excluding carboxylic acids is 2. The number of amides is 2. The van der Waals surface area contributed by atoms with E-state index in [1.807, 2.05) is 30.3 Å². The van der Waals surface area contributed by atoms with Gasteiger partial charge in [-0.3, -0.25) is 14.6 Å². The maximum Gasteiger partial charge on any atom is 0.326 e. The molecule has 0 radical (unpaired) electrons. The van der Waals surface area contributed by atoms with Crippen molar-refractivity contribution in [3.8, 4) is 5.75 Å². The number of nitrogens with one attached hydrogen (secondary N) is 2. The Bertz CT molecular complexity index is 1040. The van der Waals surface area contributed by atoms with Crippen molar-refractivity contribution < 1.29 is 24.6 Å². The van der Waals surface area contributed by atoms with E-state index in [0.717, 1.165) is 5.56 Å². The zero-order valence-corrected chi connectivity index (χ0v) is 20.1. The van der Waals surface area contributed by atoms with Crippen LogP contribution in [0.1, 0.15) is 24.0 Å². The third-order valence-corrected chi connectivity index (χ3v) is 4.79. The molecule has 2 rings (SSSR count). The number of benzene rings is 2. The molecule has 194 valence electrons. The number of likely N-dealkylation sites (N-methyl/N-ethyl adjacent to an activating group) is 1. The van der Waals surface area contributed by atoms with E-state index in [1.54, 1.807) is 37.4 Å². The Kier molecular flexibility index (Phi) is 13.4. The first-order valence-electron chi connectivity index (χ1n) is 11.2. The van der Waals surface area contributed by atoms with Gasteiger partial charge in [-0.25, -0.2) is 4.79 Å². The lowest BCUT2D eigenvalue weighted by atomic mass is 10.1. The Balaban J connectivity index is 0.000000420. The van der Waals surface area contributed by atoms with Crippen molar-refractivity contribution in [2.75, 3.05) is 13.6 Å². The van der Waals surface area contributed by atoms with Crippen LogP contribution in [-0.4, -0.2) is 59.6 Å². The van der Waals surface area contributed by atoms with Crippen LogP contribution in [0.25, 0.3) is 6.08 Å². The highest BCUT2D eigenvalue weighted by atomic mass is 16.4. The van der Waals surface area contributed by atoms with Crippen LogP contribution in [0.4, 0.5) is 0 Å². The number of carboxylic acid groups (broad SMARTS) is 1. The van der Waals surface area contributed by atoms with Crippen molar-refractivity contribution in [2.24, 2.45) is 22.2 Å². The average molecular weight is 499 g/mol. The van der Waals surface area contributed by atoms with Gasteiger partial charge in [-0.05, 0) is 37.0 Å². The largest absolute Gasteiger partial charge is 0.507 e. The van der Waals surface area contributed by atoms with Crippen molar-refractivity contribution in [3.63, 3.8) is 0 Å². The number of aliphatic imine (C=N–C) groups is 1.